The third kappa shape index (κ3) is 2.51. The minimum absolute atomic E-state index is 0.176. The molecule has 0 aromatic rings. The molecule has 6 nitrogen and oxygen atoms in total. The van der Waals surface area contributed by atoms with Gasteiger partial charge in [-0.25, -0.2) is 0 Å². The van der Waals surface area contributed by atoms with E-state index in [9.17, 15) is 14.4 Å². The molecule has 1 rings (SSSR count). The summed E-state index contributed by atoms with van der Waals surface area (Å²) in [5, 5.41) is 8.25. The van der Waals surface area contributed by atoms with Crippen molar-refractivity contribution in [2.45, 2.75) is 12.8 Å². The van der Waals surface area contributed by atoms with Crippen molar-refractivity contribution in [2.24, 2.45) is 5.92 Å². The number of carbonyl (C=O) groups is 3. The Morgan fingerprint density at radius 2 is 2.00 bits per heavy atom. The fourth-order valence-electron chi connectivity index (χ4n) is 1.03. The average molecular weight is 188 g/mol. The fourth-order valence-corrected chi connectivity index (χ4v) is 1.03. The molecule has 1 N–H and O–H groups in total. The molecule has 1 heterocycles. The van der Waals surface area contributed by atoms with Crippen LogP contribution in [0, 0.1) is 5.92 Å². The number of aliphatic hydroxyl groups is 1. The zero-order valence-electron chi connectivity index (χ0n) is 6.69. The van der Waals surface area contributed by atoms with Gasteiger partial charge in [0.2, 0.25) is 0 Å². The Hall–Kier alpha value is -1.43. The van der Waals surface area contributed by atoms with E-state index >= 15 is 0 Å². The zero-order valence-corrected chi connectivity index (χ0v) is 6.69. The number of carbonyl (C=O) groups excluding carboxylic acids is 3. The second-order valence-corrected chi connectivity index (χ2v) is 2.54. The molecule has 6 heteroatoms. The van der Waals surface area contributed by atoms with Gasteiger partial charge in [-0.2, -0.15) is 0 Å². The second kappa shape index (κ2) is 3.99. The number of rotatable bonds is 2. The molecule has 0 aromatic heterocycles. The molecule has 0 unspecified atom stereocenters. The van der Waals surface area contributed by atoms with Crippen molar-refractivity contribution in [1.82, 2.24) is 0 Å². The third-order valence-electron chi connectivity index (χ3n) is 1.59. The highest BCUT2D eigenvalue weighted by atomic mass is 16.6. The number of ether oxygens (including phenoxy) is 2. The van der Waals surface area contributed by atoms with E-state index in [1.165, 1.54) is 0 Å². The Kier molecular flexibility index (Phi) is 2.97. The molecule has 1 fully saturated rings. The molecular weight excluding hydrogens is 180 g/mol. The first-order valence-electron chi connectivity index (χ1n) is 3.64. The Balaban J connectivity index is 2.54. The van der Waals surface area contributed by atoms with Crippen molar-refractivity contribution in [3.63, 3.8) is 0 Å². The van der Waals surface area contributed by atoms with Gasteiger partial charge in [-0.3, -0.25) is 14.4 Å². The highest BCUT2D eigenvalue weighted by Crippen LogP contribution is 2.18. The van der Waals surface area contributed by atoms with Crippen LogP contribution in [0.3, 0.4) is 0 Å². The van der Waals surface area contributed by atoms with Gasteiger partial charge in [0.25, 0.3) is 0 Å². The number of aliphatic hydroxyl groups excluding tert-OH is 1. The van der Waals surface area contributed by atoms with Gasteiger partial charge in [-0.1, -0.05) is 0 Å². The van der Waals surface area contributed by atoms with E-state index in [-0.39, 0.29) is 12.8 Å². The summed E-state index contributed by atoms with van der Waals surface area (Å²) in [6, 6.07) is 0. The minimum Gasteiger partial charge on any atom is -0.438 e. The summed E-state index contributed by atoms with van der Waals surface area (Å²) >= 11 is 0. The van der Waals surface area contributed by atoms with Gasteiger partial charge in [0.15, 0.2) is 6.79 Å². The lowest BCUT2D eigenvalue weighted by Gasteiger charge is -2.17. The normalized spacial score (nSPS) is 18.2. The first-order valence-corrected chi connectivity index (χ1v) is 3.64. The topological polar surface area (TPSA) is 89.9 Å². The fraction of sp³-hybridized carbons (Fsp3) is 0.571. The minimum atomic E-state index is -0.819. The van der Waals surface area contributed by atoms with Crippen LogP contribution in [0.25, 0.3) is 0 Å². The van der Waals surface area contributed by atoms with Crippen LogP contribution in [0.1, 0.15) is 12.8 Å². The number of hydrogen-bond donors (Lipinski definition) is 1. The first kappa shape index (κ1) is 9.66. The maximum Gasteiger partial charge on any atom is 0.314 e. The predicted octanol–water partition coefficient (Wildman–Crippen LogP) is -1.04. The maximum absolute atomic E-state index is 10.9. The van der Waals surface area contributed by atoms with Gasteiger partial charge in [0, 0.05) is 0 Å². The molecule has 72 valence electrons. The summed E-state index contributed by atoms with van der Waals surface area (Å²) in [7, 11) is 0. The first-order chi connectivity index (χ1) is 6.13. The van der Waals surface area contributed by atoms with Crippen molar-refractivity contribution in [2.75, 3.05) is 6.79 Å². The molecule has 1 aliphatic rings. The van der Waals surface area contributed by atoms with E-state index in [0.717, 1.165) is 0 Å². The van der Waals surface area contributed by atoms with Crippen LogP contribution >= 0.6 is 0 Å². The molecule has 0 radical (unpaired) electrons. The van der Waals surface area contributed by atoms with E-state index in [0.29, 0.717) is 0 Å². The Morgan fingerprint density at radius 1 is 1.46 bits per heavy atom. The van der Waals surface area contributed by atoms with Gasteiger partial charge >= 0.3 is 17.9 Å². The molecule has 0 saturated carbocycles. The lowest BCUT2D eigenvalue weighted by Crippen LogP contribution is -2.31. The second-order valence-electron chi connectivity index (χ2n) is 2.54. The lowest BCUT2D eigenvalue weighted by atomic mass is 10.00. The summed E-state index contributed by atoms with van der Waals surface area (Å²) in [5.41, 5.74) is 0. The summed E-state index contributed by atoms with van der Waals surface area (Å²) in [6.45, 7) is -0.751. The van der Waals surface area contributed by atoms with Crippen LogP contribution in [-0.2, 0) is 23.9 Å². The summed E-state index contributed by atoms with van der Waals surface area (Å²) < 4.78 is 8.43. The average Bonchev–Trinajstić information content (AvgIpc) is 2.03. The summed E-state index contributed by atoms with van der Waals surface area (Å²) in [5.74, 6) is -3.05. The predicted molar refractivity (Wildman–Crippen MR) is 37.0 cm³/mol. The Bertz CT molecular complexity index is 229. The van der Waals surface area contributed by atoms with Crippen LogP contribution in [0.15, 0.2) is 0 Å². The molecule has 0 amide bonds. The molecule has 13 heavy (non-hydrogen) atoms. The number of hydrogen-bond acceptors (Lipinski definition) is 6. The number of cyclic esters (lactones) is 2. The molecule has 1 aliphatic heterocycles. The van der Waals surface area contributed by atoms with E-state index < -0.39 is 30.6 Å². The Morgan fingerprint density at radius 3 is 2.46 bits per heavy atom. The van der Waals surface area contributed by atoms with Crippen molar-refractivity contribution in [3.05, 3.63) is 0 Å². The van der Waals surface area contributed by atoms with Crippen molar-refractivity contribution in [1.29, 1.82) is 0 Å². The van der Waals surface area contributed by atoms with Crippen LogP contribution in [0.5, 0.6) is 0 Å². The van der Waals surface area contributed by atoms with Crippen LogP contribution in [0.2, 0.25) is 0 Å². The molecule has 1 saturated heterocycles. The van der Waals surface area contributed by atoms with E-state index in [1.54, 1.807) is 0 Å². The van der Waals surface area contributed by atoms with Crippen LogP contribution in [0.4, 0.5) is 0 Å². The maximum atomic E-state index is 10.9. The Labute approximate surface area is 73.4 Å². The van der Waals surface area contributed by atoms with Gasteiger partial charge < -0.3 is 14.6 Å². The van der Waals surface area contributed by atoms with E-state index in [1.807, 2.05) is 0 Å². The third-order valence-corrected chi connectivity index (χ3v) is 1.59. The largest absolute Gasteiger partial charge is 0.438 e. The SMILES string of the molecule is O=C1CC(C(=O)OCO)CC(=O)O1. The van der Waals surface area contributed by atoms with E-state index in [4.69, 9.17) is 5.11 Å². The van der Waals surface area contributed by atoms with Crippen molar-refractivity contribution >= 4 is 17.9 Å². The van der Waals surface area contributed by atoms with E-state index in [2.05, 4.69) is 9.47 Å². The smallest absolute Gasteiger partial charge is 0.314 e. The highest BCUT2D eigenvalue weighted by Gasteiger charge is 2.33. The molecular formula is C7H8O6. The van der Waals surface area contributed by atoms with Gasteiger partial charge in [0.1, 0.15) is 0 Å². The molecule has 0 aromatic carbocycles. The molecule has 0 atom stereocenters. The van der Waals surface area contributed by atoms with Gasteiger partial charge in [-0.15, -0.1) is 0 Å². The summed E-state index contributed by atoms with van der Waals surface area (Å²) in [6.07, 6.45) is -0.352. The molecule has 0 aliphatic carbocycles. The van der Waals surface area contributed by atoms with Gasteiger partial charge in [0.05, 0.1) is 18.8 Å². The van der Waals surface area contributed by atoms with Gasteiger partial charge in [-0.05, 0) is 0 Å². The summed E-state index contributed by atoms with van der Waals surface area (Å²) in [4.78, 5) is 32.3. The van der Waals surface area contributed by atoms with Crippen LogP contribution in [-0.4, -0.2) is 29.8 Å². The lowest BCUT2D eigenvalue weighted by molar-refractivity contribution is -0.174. The molecule has 0 bridgehead atoms. The highest BCUT2D eigenvalue weighted by molar-refractivity contribution is 5.93. The standard InChI is InChI=1S/C7H8O6/c8-3-12-7(11)4-1-5(9)13-6(10)2-4/h4,8H,1-3H2. The zero-order chi connectivity index (χ0) is 9.84. The number of esters is 3. The van der Waals surface area contributed by atoms with Crippen molar-refractivity contribution < 1.29 is 29.0 Å². The van der Waals surface area contributed by atoms with Crippen LogP contribution < -0.4 is 0 Å². The molecule has 0 spiro atoms. The van der Waals surface area contributed by atoms with Crippen molar-refractivity contribution in [3.8, 4) is 0 Å². The monoisotopic (exact) mass is 188 g/mol. The quantitative estimate of drug-likeness (QED) is 0.338.